The first-order valence-electron chi connectivity index (χ1n) is 6.30. The lowest BCUT2D eigenvalue weighted by Crippen LogP contribution is -2.02. The average molecular weight is 273 g/mol. The molecule has 3 aromatic rings. The molecule has 1 N–H and O–H groups in total. The van der Waals surface area contributed by atoms with Crippen molar-refractivity contribution in [3.8, 4) is 0 Å². The summed E-state index contributed by atoms with van der Waals surface area (Å²) >= 11 is 0. The molecule has 20 heavy (non-hydrogen) atoms. The second-order valence-corrected chi connectivity index (χ2v) is 4.69. The second-order valence-electron chi connectivity index (χ2n) is 4.69. The Morgan fingerprint density at radius 3 is 2.60 bits per heavy atom. The lowest BCUT2D eigenvalue weighted by Gasteiger charge is -2.09. The van der Waals surface area contributed by atoms with Crippen LogP contribution in [0.25, 0.3) is 10.9 Å². The Kier molecular flexibility index (Phi) is 3.24. The number of nitrogens with zero attached hydrogens (tertiary/aromatic N) is 1. The minimum atomic E-state index is -0.584. The molecule has 102 valence electrons. The van der Waals surface area contributed by atoms with Crippen molar-refractivity contribution in [3.05, 3.63) is 71.4 Å². The Labute approximate surface area is 114 Å². The number of aliphatic hydroxyl groups excluding tert-OH is 1. The van der Waals surface area contributed by atoms with Crippen LogP contribution in [0.5, 0.6) is 0 Å². The van der Waals surface area contributed by atoms with E-state index in [4.69, 9.17) is 0 Å². The number of rotatable bonds is 3. The number of hydrogen-bond donors (Lipinski definition) is 1. The number of aromatic nitrogens is 1. The SMILES string of the molecule is OCc1cccc2ccn(Cc3ccc(F)cc3F)c12. The summed E-state index contributed by atoms with van der Waals surface area (Å²) in [6, 6.07) is 11.1. The van der Waals surface area contributed by atoms with Gasteiger partial charge in [-0.25, -0.2) is 8.78 Å². The molecule has 0 saturated heterocycles. The quantitative estimate of drug-likeness (QED) is 0.776. The summed E-state index contributed by atoms with van der Waals surface area (Å²) in [5.74, 6) is -1.15. The minimum Gasteiger partial charge on any atom is -0.392 e. The molecule has 0 atom stereocenters. The molecule has 0 saturated carbocycles. The van der Waals surface area contributed by atoms with E-state index in [1.54, 1.807) is 0 Å². The third kappa shape index (κ3) is 2.18. The molecule has 0 aliphatic heterocycles. The monoisotopic (exact) mass is 273 g/mol. The zero-order chi connectivity index (χ0) is 14.1. The predicted octanol–water partition coefficient (Wildman–Crippen LogP) is 3.46. The number of halogens is 2. The molecule has 0 unspecified atom stereocenters. The molecular formula is C16H13F2NO. The molecule has 0 fully saturated rings. The summed E-state index contributed by atoms with van der Waals surface area (Å²) in [5, 5.41) is 10.4. The van der Waals surface area contributed by atoms with Crippen molar-refractivity contribution in [1.82, 2.24) is 4.57 Å². The minimum absolute atomic E-state index is 0.0761. The van der Waals surface area contributed by atoms with Crippen LogP contribution in [0.1, 0.15) is 11.1 Å². The molecule has 1 aromatic heterocycles. The normalized spacial score (nSPS) is 11.2. The highest BCUT2D eigenvalue weighted by Gasteiger charge is 2.09. The van der Waals surface area contributed by atoms with E-state index in [1.165, 1.54) is 12.1 Å². The van der Waals surface area contributed by atoms with Gasteiger partial charge in [0.05, 0.1) is 18.7 Å². The standard InChI is InChI=1S/C16H13F2NO/c17-14-5-4-12(15(18)8-14)9-19-7-6-11-2-1-3-13(10-20)16(11)19/h1-8,20H,9-10H2. The van der Waals surface area contributed by atoms with E-state index in [-0.39, 0.29) is 6.61 Å². The molecule has 4 heteroatoms. The Morgan fingerprint density at radius 1 is 1.00 bits per heavy atom. The number of fused-ring (bicyclic) bond motifs is 1. The van der Waals surface area contributed by atoms with E-state index in [0.29, 0.717) is 12.1 Å². The number of benzene rings is 2. The second kappa shape index (κ2) is 5.06. The van der Waals surface area contributed by atoms with Gasteiger partial charge in [-0.15, -0.1) is 0 Å². The molecule has 0 spiro atoms. The summed E-state index contributed by atoms with van der Waals surface area (Å²) in [5.41, 5.74) is 2.07. The van der Waals surface area contributed by atoms with Gasteiger partial charge >= 0.3 is 0 Å². The number of hydrogen-bond acceptors (Lipinski definition) is 1. The van der Waals surface area contributed by atoms with E-state index >= 15 is 0 Å². The van der Waals surface area contributed by atoms with Crippen molar-refractivity contribution in [1.29, 1.82) is 0 Å². The maximum Gasteiger partial charge on any atom is 0.131 e. The van der Waals surface area contributed by atoms with E-state index < -0.39 is 11.6 Å². The number of para-hydroxylation sites is 1. The fraction of sp³-hybridized carbons (Fsp3) is 0.125. The van der Waals surface area contributed by atoms with Gasteiger partial charge in [0.2, 0.25) is 0 Å². The summed E-state index contributed by atoms with van der Waals surface area (Å²) < 4.78 is 28.5. The summed E-state index contributed by atoms with van der Waals surface area (Å²) in [7, 11) is 0. The predicted molar refractivity (Wildman–Crippen MR) is 73.3 cm³/mol. The highest BCUT2D eigenvalue weighted by atomic mass is 19.1. The first-order valence-corrected chi connectivity index (χ1v) is 6.30. The summed E-state index contributed by atoms with van der Waals surface area (Å²) in [6.07, 6.45) is 1.84. The molecule has 1 heterocycles. The van der Waals surface area contributed by atoms with Gasteiger partial charge in [-0.05, 0) is 17.5 Å². The van der Waals surface area contributed by atoms with Crippen molar-refractivity contribution in [3.63, 3.8) is 0 Å². The largest absolute Gasteiger partial charge is 0.392 e. The third-order valence-corrected chi connectivity index (χ3v) is 3.40. The van der Waals surface area contributed by atoms with Gasteiger partial charge in [-0.2, -0.15) is 0 Å². The van der Waals surface area contributed by atoms with Gasteiger partial charge in [-0.3, -0.25) is 0 Å². The highest BCUT2D eigenvalue weighted by Crippen LogP contribution is 2.22. The fourth-order valence-electron chi connectivity index (χ4n) is 2.43. The Hall–Kier alpha value is -2.20. The molecule has 2 aromatic carbocycles. The van der Waals surface area contributed by atoms with Crippen molar-refractivity contribution < 1.29 is 13.9 Å². The zero-order valence-electron chi connectivity index (χ0n) is 10.7. The molecular weight excluding hydrogens is 260 g/mol. The van der Waals surface area contributed by atoms with Crippen molar-refractivity contribution in [2.24, 2.45) is 0 Å². The maximum absolute atomic E-state index is 13.7. The van der Waals surface area contributed by atoms with Crippen molar-refractivity contribution in [2.75, 3.05) is 0 Å². The van der Waals surface area contributed by atoms with Crippen LogP contribution in [0.15, 0.2) is 48.7 Å². The van der Waals surface area contributed by atoms with Crippen LogP contribution in [-0.4, -0.2) is 9.67 Å². The molecule has 0 amide bonds. The van der Waals surface area contributed by atoms with Gasteiger partial charge < -0.3 is 9.67 Å². The Balaban J connectivity index is 2.06. The van der Waals surface area contributed by atoms with Crippen LogP contribution in [0.2, 0.25) is 0 Å². The van der Waals surface area contributed by atoms with Crippen LogP contribution in [0, 0.1) is 11.6 Å². The van der Waals surface area contributed by atoms with Crippen LogP contribution < -0.4 is 0 Å². The van der Waals surface area contributed by atoms with Crippen molar-refractivity contribution >= 4 is 10.9 Å². The molecule has 3 rings (SSSR count). The lowest BCUT2D eigenvalue weighted by molar-refractivity contribution is 0.283. The van der Waals surface area contributed by atoms with Crippen LogP contribution in [-0.2, 0) is 13.2 Å². The van der Waals surface area contributed by atoms with Crippen LogP contribution in [0.4, 0.5) is 8.78 Å². The van der Waals surface area contributed by atoms with Gasteiger partial charge in [0, 0.05) is 23.4 Å². The average Bonchev–Trinajstić information content (AvgIpc) is 2.85. The molecule has 0 radical (unpaired) electrons. The maximum atomic E-state index is 13.7. The van der Waals surface area contributed by atoms with Crippen molar-refractivity contribution in [2.45, 2.75) is 13.2 Å². The first-order chi connectivity index (χ1) is 9.69. The van der Waals surface area contributed by atoms with E-state index in [0.717, 1.165) is 22.5 Å². The topological polar surface area (TPSA) is 25.2 Å². The Morgan fingerprint density at radius 2 is 1.85 bits per heavy atom. The highest BCUT2D eigenvalue weighted by molar-refractivity contribution is 5.83. The number of aliphatic hydroxyl groups is 1. The first kappa shape index (κ1) is 12.8. The van der Waals surface area contributed by atoms with Gasteiger partial charge in [0.1, 0.15) is 11.6 Å². The van der Waals surface area contributed by atoms with Gasteiger partial charge in [-0.1, -0.05) is 24.3 Å². The molecule has 0 aliphatic rings. The van der Waals surface area contributed by atoms with E-state index in [1.807, 2.05) is 35.0 Å². The van der Waals surface area contributed by atoms with Crippen LogP contribution >= 0.6 is 0 Å². The zero-order valence-corrected chi connectivity index (χ0v) is 10.7. The third-order valence-electron chi connectivity index (χ3n) is 3.40. The molecule has 2 nitrogen and oxygen atoms in total. The lowest BCUT2D eigenvalue weighted by atomic mass is 10.1. The summed E-state index contributed by atoms with van der Waals surface area (Å²) in [6.45, 7) is 0.222. The van der Waals surface area contributed by atoms with Gasteiger partial charge in [0.15, 0.2) is 0 Å². The molecule has 0 bridgehead atoms. The molecule has 0 aliphatic carbocycles. The van der Waals surface area contributed by atoms with E-state index in [2.05, 4.69) is 0 Å². The Bertz CT molecular complexity index is 764. The summed E-state index contributed by atoms with van der Waals surface area (Å²) in [4.78, 5) is 0. The smallest absolute Gasteiger partial charge is 0.131 e. The van der Waals surface area contributed by atoms with Crippen LogP contribution in [0.3, 0.4) is 0 Å². The van der Waals surface area contributed by atoms with Gasteiger partial charge in [0.25, 0.3) is 0 Å². The van der Waals surface area contributed by atoms with E-state index in [9.17, 15) is 13.9 Å². The fourth-order valence-corrected chi connectivity index (χ4v) is 2.43.